The quantitative estimate of drug-likeness (QED) is 0.832. The van der Waals surface area contributed by atoms with Gasteiger partial charge in [0.2, 0.25) is 0 Å². The number of hydrogen-bond acceptors (Lipinski definition) is 4. The lowest BCUT2D eigenvalue weighted by atomic mass is 10.1. The minimum absolute atomic E-state index is 0.0626. The van der Waals surface area contributed by atoms with E-state index in [4.69, 9.17) is 5.73 Å². The molecule has 1 aromatic rings. The lowest BCUT2D eigenvalue weighted by Gasteiger charge is -2.34. The summed E-state index contributed by atoms with van der Waals surface area (Å²) in [6, 6.07) is 3.95. The van der Waals surface area contributed by atoms with Crippen LogP contribution >= 0.6 is 11.3 Å². The maximum absolute atomic E-state index is 12.5. The van der Waals surface area contributed by atoms with Crippen molar-refractivity contribution >= 4 is 21.5 Å². The molecule has 1 aliphatic rings. The molecule has 2 heterocycles. The van der Waals surface area contributed by atoms with E-state index in [1.165, 1.54) is 9.75 Å². The summed E-state index contributed by atoms with van der Waals surface area (Å²) in [5.74, 6) is 0. The monoisotopic (exact) mass is 331 g/mol. The molecule has 2 unspecified atom stereocenters. The van der Waals surface area contributed by atoms with Crippen LogP contribution < -0.4 is 10.5 Å². The van der Waals surface area contributed by atoms with E-state index in [-0.39, 0.29) is 12.1 Å². The number of thiophene rings is 1. The molecule has 2 rings (SSSR count). The van der Waals surface area contributed by atoms with Crippen LogP contribution in [0.1, 0.15) is 35.9 Å². The van der Waals surface area contributed by atoms with E-state index >= 15 is 0 Å². The standard InChI is InChI=1S/C14H25N3O2S2/c1-11(9-14-7-6-12(2)20-14)16-21(18,19)17-8-4-3-5-13(17)10-15/h6-7,11,13,16H,3-5,8-10,15H2,1-2H3. The highest BCUT2D eigenvalue weighted by molar-refractivity contribution is 7.87. The second-order valence-electron chi connectivity index (χ2n) is 5.74. The summed E-state index contributed by atoms with van der Waals surface area (Å²) in [6.45, 7) is 4.93. The summed E-state index contributed by atoms with van der Waals surface area (Å²) in [5.41, 5.74) is 5.72. The molecule has 1 aliphatic heterocycles. The van der Waals surface area contributed by atoms with Gasteiger partial charge >= 0.3 is 0 Å². The third-order valence-electron chi connectivity index (χ3n) is 3.81. The molecule has 5 nitrogen and oxygen atoms in total. The van der Waals surface area contributed by atoms with Crippen LogP contribution in [0.4, 0.5) is 0 Å². The number of nitrogens with one attached hydrogen (secondary N) is 1. The molecule has 1 fully saturated rings. The Kier molecular flexibility index (Phi) is 5.79. The molecular weight excluding hydrogens is 306 g/mol. The zero-order chi connectivity index (χ0) is 15.5. The summed E-state index contributed by atoms with van der Waals surface area (Å²) < 4.78 is 29.4. The topological polar surface area (TPSA) is 75.4 Å². The SMILES string of the molecule is Cc1ccc(CC(C)NS(=O)(=O)N2CCCCC2CN)s1. The molecule has 1 saturated heterocycles. The molecule has 120 valence electrons. The predicted molar refractivity (Wildman–Crippen MR) is 87.7 cm³/mol. The van der Waals surface area contributed by atoms with E-state index in [0.717, 1.165) is 25.7 Å². The van der Waals surface area contributed by atoms with E-state index in [1.807, 2.05) is 6.92 Å². The molecule has 7 heteroatoms. The van der Waals surface area contributed by atoms with E-state index in [1.54, 1.807) is 15.6 Å². The number of rotatable bonds is 6. The van der Waals surface area contributed by atoms with Gasteiger partial charge in [0.15, 0.2) is 0 Å². The highest BCUT2D eigenvalue weighted by atomic mass is 32.2. The maximum Gasteiger partial charge on any atom is 0.279 e. The van der Waals surface area contributed by atoms with Crippen molar-refractivity contribution in [3.63, 3.8) is 0 Å². The second kappa shape index (κ2) is 7.19. The first kappa shape index (κ1) is 16.9. The van der Waals surface area contributed by atoms with Crippen molar-refractivity contribution < 1.29 is 8.42 Å². The first-order valence-electron chi connectivity index (χ1n) is 7.47. The van der Waals surface area contributed by atoms with Crippen molar-refractivity contribution in [2.75, 3.05) is 13.1 Å². The lowest BCUT2D eigenvalue weighted by Crippen LogP contribution is -2.53. The van der Waals surface area contributed by atoms with Gasteiger partial charge in [0.25, 0.3) is 10.2 Å². The van der Waals surface area contributed by atoms with Gasteiger partial charge in [-0.3, -0.25) is 0 Å². The molecule has 0 aliphatic carbocycles. The Balaban J connectivity index is 1.99. The van der Waals surface area contributed by atoms with Gasteiger partial charge in [-0.15, -0.1) is 11.3 Å². The zero-order valence-electron chi connectivity index (χ0n) is 12.7. The molecule has 0 bridgehead atoms. The summed E-state index contributed by atoms with van der Waals surface area (Å²) in [7, 11) is -3.45. The molecule has 21 heavy (non-hydrogen) atoms. The Bertz CT molecular complexity index is 556. The largest absolute Gasteiger partial charge is 0.329 e. The molecule has 0 spiro atoms. The van der Waals surface area contributed by atoms with Crippen molar-refractivity contribution in [3.8, 4) is 0 Å². The van der Waals surface area contributed by atoms with Gasteiger partial charge < -0.3 is 5.73 Å². The minimum atomic E-state index is -3.45. The van der Waals surface area contributed by atoms with Crippen molar-refractivity contribution in [2.45, 2.75) is 51.6 Å². The Morgan fingerprint density at radius 3 is 2.86 bits per heavy atom. The Morgan fingerprint density at radius 1 is 1.48 bits per heavy atom. The van der Waals surface area contributed by atoms with Gasteiger partial charge in [0, 0.05) is 34.9 Å². The molecule has 0 saturated carbocycles. The van der Waals surface area contributed by atoms with Crippen LogP contribution in [-0.2, 0) is 16.6 Å². The van der Waals surface area contributed by atoms with Gasteiger partial charge in [-0.25, -0.2) is 0 Å². The Morgan fingerprint density at radius 2 is 2.24 bits per heavy atom. The fraction of sp³-hybridized carbons (Fsp3) is 0.714. The smallest absolute Gasteiger partial charge is 0.279 e. The van der Waals surface area contributed by atoms with Gasteiger partial charge in [-0.1, -0.05) is 6.42 Å². The van der Waals surface area contributed by atoms with E-state index in [9.17, 15) is 8.42 Å². The van der Waals surface area contributed by atoms with Crippen LogP contribution in [-0.4, -0.2) is 37.9 Å². The Labute approximate surface area is 131 Å². The second-order valence-corrected chi connectivity index (χ2v) is 8.76. The van der Waals surface area contributed by atoms with Crippen molar-refractivity contribution in [2.24, 2.45) is 5.73 Å². The van der Waals surface area contributed by atoms with E-state index in [0.29, 0.717) is 13.1 Å². The average molecular weight is 332 g/mol. The molecule has 0 amide bonds. The normalized spacial score (nSPS) is 22.3. The van der Waals surface area contributed by atoms with Crippen molar-refractivity contribution in [1.82, 2.24) is 9.03 Å². The number of nitrogens with two attached hydrogens (primary N) is 1. The number of hydrogen-bond donors (Lipinski definition) is 2. The summed E-state index contributed by atoms with van der Waals surface area (Å²) in [5, 5.41) is 0. The third-order valence-corrected chi connectivity index (χ3v) is 6.63. The number of piperidine rings is 1. The molecule has 1 aromatic heterocycles. The Hall–Kier alpha value is -0.470. The number of aryl methyl sites for hydroxylation is 1. The zero-order valence-corrected chi connectivity index (χ0v) is 14.3. The van der Waals surface area contributed by atoms with Gasteiger partial charge in [-0.05, 0) is 45.2 Å². The van der Waals surface area contributed by atoms with Gasteiger partial charge in [0.05, 0.1) is 0 Å². The van der Waals surface area contributed by atoms with Crippen molar-refractivity contribution in [3.05, 3.63) is 21.9 Å². The van der Waals surface area contributed by atoms with Crippen LogP contribution in [0.2, 0.25) is 0 Å². The molecule has 2 atom stereocenters. The fourth-order valence-corrected chi connectivity index (χ4v) is 5.49. The van der Waals surface area contributed by atoms with Crippen LogP contribution in [0.3, 0.4) is 0 Å². The summed E-state index contributed by atoms with van der Waals surface area (Å²) >= 11 is 1.71. The highest BCUT2D eigenvalue weighted by Gasteiger charge is 2.32. The predicted octanol–water partition coefficient (Wildman–Crippen LogP) is 1.64. The van der Waals surface area contributed by atoms with E-state index < -0.39 is 10.2 Å². The van der Waals surface area contributed by atoms with Crippen LogP contribution in [0.5, 0.6) is 0 Å². The van der Waals surface area contributed by atoms with E-state index in [2.05, 4.69) is 23.8 Å². The van der Waals surface area contributed by atoms with Crippen molar-refractivity contribution in [1.29, 1.82) is 0 Å². The number of nitrogens with zero attached hydrogens (tertiary/aromatic N) is 1. The minimum Gasteiger partial charge on any atom is -0.329 e. The van der Waals surface area contributed by atoms with Crippen LogP contribution in [0.25, 0.3) is 0 Å². The molecular formula is C14H25N3O2S2. The third kappa shape index (κ3) is 4.50. The summed E-state index contributed by atoms with van der Waals surface area (Å²) in [4.78, 5) is 2.45. The first-order valence-corrected chi connectivity index (χ1v) is 9.72. The van der Waals surface area contributed by atoms with Crippen LogP contribution in [0.15, 0.2) is 12.1 Å². The van der Waals surface area contributed by atoms with Crippen LogP contribution in [0, 0.1) is 6.92 Å². The molecule has 0 aromatic carbocycles. The fourth-order valence-electron chi connectivity index (χ4n) is 2.79. The molecule has 3 N–H and O–H groups in total. The van der Waals surface area contributed by atoms with Gasteiger partial charge in [0.1, 0.15) is 0 Å². The maximum atomic E-state index is 12.5. The highest BCUT2D eigenvalue weighted by Crippen LogP contribution is 2.20. The first-order chi connectivity index (χ1) is 9.92. The average Bonchev–Trinajstić information content (AvgIpc) is 2.83. The van der Waals surface area contributed by atoms with Gasteiger partial charge in [-0.2, -0.15) is 17.4 Å². The lowest BCUT2D eigenvalue weighted by molar-refractivity contribution is 0.253. The summed E-state index contributed by atoms with van der Waals surface area (Å²) in [6.07, 6.45) is 3.54. The molecule has 0 radical (unpaired) electrons.